The third-order valence-corrected chi connectivity index (χ3v) is 10.8. The van der Waals surface area contributed by atoms with Gasteiger partial charge < -0.3 is 5.11 Å². The molecular formula is C27H48O. The summed E-state index contributed by atoms with van der Waals surface area (Å²) in [4.78, 5) is 0. The van der Waals surface area contributed by atoms with Crippen molar-refractivity contribution in [3.63, 3.8) is 0 Å². The molecule has 0 aliphatic heterocycles. The number of aliphatic hydroxyl groups is 1. The maximum atomic E-state index is 10.3. The number of aliphatic hydroxyl groups excluding tert-OH is 1. The van der Waals surface area contributed by atoms with Crippen LogP contribution in [0.25, 0.3) is 0 Å². The Morgan fingerprint density at radius 3 is 2.29 bits per heavy atom. The van der Waals surface area contributed by atoms with Gasteiger partial charge in [-0.2, -0.15) is 0 Å². The van der Waals surface area contributed by atoms with E-state index < -0.39 is 0 Å². The lowest BCUT2D eigenvalue weighted by molar-refractivity contribution is -0.129. The lowest BCUT2D eigenvalue weighted by Crippen LogP contribution is -2.54. The third-order valence-electron chi connectivity index (χ3n) is 10.8. The van der Waals surface area contributed by atoms with Gasteiger partial charge in [-0.05, 0) is 110 Å². The topological polar surface area (TPSA) is 20.2 Å². The van der Waals surface area contributed by atoms with Crippen LogP contribution in [0.3, 0.4) is 0 Å². The van der Waals surface area contributed by atoms with Crippen molar-refractivity contribution in [2.75, 3.05) is 0 Å². The lowest BCUT2D eigenvalue weighted by Gasteiger charge is -2.61. The van der Waals surface area contributed by atoms with Crippen molar-refractivity contribution in [1.29, 1.82) is 0 Å². The molecule has 0 unspecified atom stereocenters. The van der Waals surface area contributed by atoms with Gasteiger partial charge in [-0.25, -0.2) is 0 Å². The molecule has 4 saturated carbocycles. The van der Waals surface area contributed by atoms with E-state index in [4.69, 9.17) is 0 Å². The summed E-state index contributed by atoms with van der Waals surface area (Å²) in [7, 11) is 0. The highest BCUT2D eigenvalue weighted by Gasteiger charge is 2.60. The highest BCUT2D eigenvalue weighted by Crippen LogP contribution is 2.68. The smallest absolute Gasteiger partial charge is 0.0543 e. The molecule has 9 atom stereocenters. The zero-order chi connectivity index (χ0) is 20.1. The molecule has 0 amide bonds. The van der Waals surface area contributed by atoms with Crippen LogP contribution in [0.2, 0.25) is 0 Å². The molecule has 0 aromatic rings. The van der Waals surface area contributed by atoms with Crippen molar-refractivity contribution >= 4 is 0 Å². The molecule has 0 radical (unpaired) electrons. The SMILES string of the molecule is CC(C)CCC[C@@H](C)[C@@H]1CC[C@@H]2[C@H]3CC[C@H]4C[C@@H](O)CC[C@]4(C)[C@H]3CC[C@]21C. The molecule has 162 valence electrons. The van der Waals surface area contributed by atoms with Crippen molar-refractivity contribution < 1.29 is 5.11 Å². The van der Waals surface area contributed by atoms with Gasteiger partial charge in [-0.3, -0.25) is 0 Å². The van der Waals surface area contributed by atoms with E-state index in [0.717, 1.165) is 54.3 Å². The molecule has 0 heterocycles. The molecule has 28 heavy (non-hydrogen) atoms. The van der Waals surface area contributed by atoms with Crippen LogP contribution in [0.15, 0.2) is 0 Å². The summed E-state index contributed by atoms with van der Waals surface area (Å²) in [6.45, 7) is 12.7. The van der Waals surface area contributed by atoms with Crippen LogP contribution in [-0.2, 0) is 0 Å². The minimum Gasteiger partial charge on any atom is -0.393 e. The number of fused-ring (bicyclic) bond motifs is 5. The molecular weight excluding hydrogens is 340 g/mol. The first-order valence-corrected chi connectivity index (χ1v) is 12.9. The molecule has 0 saturated heterocycles. The second-order valence-electron chi connectivity index (χ2n) is 12.6. The molecule has 4 rings (SSSR count). The van der Waals surface area contributed by atoms with Gasteiger partial charge in [-0.15, -0.1) is 0 Å². The number of rotatable bonds is 5. The average Bonchev–Trinajstić information content (AvgIpc) is 2.99. The Bertz CT molecular complexity index is 540. The van der Waals surface area contributed by atoms with Crippen LogP contribution in [0.5, 0.6) is 0 Å². The first-order chi connectivity index (χ1) is 13.3. The molecule has 4 fully saturated rings. The predicted molar refractivity (Wildman–Crippen MR) is 119 cm³/mol. The fourth-order valence-electron chi connectivity index (χ4n) is 9.26. The summed E-state index contributed by atoms with van der Waals surface area (Å²) < 4.78 is 0. The van der Waals surface area contributed by atoms with Gasteiger partial charge in [0.05, 0.1) is 6.10 Å². The molecule has 0 spiro atoms. The van der Waals surface area contributed by atoms with E-state index in [1.54, 1.807) is 0 Å². The number of hydrogen-bond acceptors (Lipinski definition) is 1. The summed E-state index contributed by atoms with van der Waals surface area (Å²) in [6.07, 6.45) is 16.6. The zero-order valence-electron chi connectivity index (χ0n) is 19.6. The first-order valence-electron chi connectivity index (χ1n) is 12.9. The van der Waals surface area contributed by atoms with E-state index in [1.807, 2.05) is 0 Å². The second kappa shape index (κ2) is 7.90. The van der Waals surface area contributed by atoms with E-state index in [2.05, 4.69) is 34.6 Å². The van der Waals surface area contributed by atoms with E-state index in [9.17, 15) is 5.11 Å². The Morgan fingerprint density at radius 2 is 1.54 bits per heavy atom. The highest BCUT2D eigenvalue weighted by atomic mass is 16.3. The Labute approximate surface area is 175 Å². The van der Waals surface area contributed by atoms with Crippen LogP contribution >= 0.6 is 0 Å². The van der Waals surface area contributed by atoms with Gasteiger partial charge in [0, 0.05) is 0 Å². The maximum absolute atomic E-state index is 10.3. The minimum atomic E-state index is -0.00830. The summed E-state index contributed by atoms with van der Waals surface area (Å²) in [5.41, 5.74) is 1.15. The molecule has 4 aliphatic rings. The lowest BCUT2D eigenvalue weighted by atomic mass is 9.44. The van der Waals surface area contributed by atoms with Gasteiger partial charge in [0.25, 0.3) is 0 Å². The van der Waals surface area contributed by atoms with Crippen molar-refractivity contribution in [3.05, 3.63) is 0 Å². The van der Waals surface area contributed by atoms with Gasteiger partial charge in [0.2, 0.25) is 0 Å². The van der Waals surface area contributed by atoms with Gasteiger partial charge in [0.15, 0.2) is 0 Å². The van der Waals surface area contributed by atoms with Crippen LogP contribution < -0.4 is 0 Å². The summed E-state index contributed by atoms with van der Waals surface area (Å²) in [6, 6.07) is 0. The van der Waals surface area contributed by atoms with E-state index in [0.29, 0.717) is 10.8 Å². The highest BCUT2D eigenvalue weighted by molar-refractivity contribution is 5.09. The predicted octanol–water partition coefficient (Wildman–Crippen LogP) is 7.47. The van der Waals surface area contributed by atoms with E-state index in [1.165, 1.54) is 64.2 Å². The monoisotopic (exact) mass is 388 g/mol. The van der Waals surface area contributed by atoms with Gasteiger partial charge >= 0.3 is 0 Å². The summed E-state index contributed by atoms with van der Waals surface area (Å²) in [5.74, 6) is 6.49. The average molecular weight is 389 g/mol. The fraction of sp³-hybridized carbons (Fsp3) is 1.00. The Balaban J connectivity index is 1.46. The third kappa shape index (κ3) is 3.50. The van der Waals surface area contributed by atoms with Crippen molar-refractivity contribution in [2.24, 2.45) is 52.3 Å². The molecule has 1 heteroatoms. The Hall–Kier alpha value is -0.0400. The van der Waals surface area contributed by atoms with Crippen LogP contribution in [0.4, 0.5) is 0 Å². The van der Waals surface area contributed by atoms with Gasteiger partial charge in [0.1, 0.15) is 0 Å². The van der Waals surface area contributed by atoms with Crippen molar-refractivity contribution in [3.8, 4) is 0 Å². The Kier molecular flexibility index (Phi) is 5.98. The summed E-state index contributed by atoms with van der Waals surface area (Å²) in [5, 5.41) is 10.3. The molecule has 1 N–H and O–H groups in total. The molecule has 0 bridgehead atoms. The molecule has 4 aliphatic carbocycles. The fourth-order valence-corrected chi connectivity index (χ4v) is 9.26. The quantitative estimate of drug-likeness (QED) is 0.518. The standard InChI is InChI=1S/C27H48O/c1-18(2)7-6-8-19(3)23-11-12-24-22-10-9-20-17-21(28)13-15-26(20,4)25(22)14-16-27(23,24)5/h18-25,28H,6-17H2,1-5H3/t19-,20+,21+,22-,23+,24-,25+,26+,27+/m1/s1. The minimum absolute atomic E-state index is 0.00830. The zero-order valence-corrected chi connectivity index (χ0v) is 19.6. The largest absolute Gasteiger partial charge is 0.393 e. The maximum Gasteiger partial charge on any atom is 0.0543 e. The van der Waals surface area contributed by atoms with Crippen LogP contribution in [0, 0.1) is 52.3 Å². The van der Waals surface area contributed by atoms with Crippen LogP contribution in [0.1, 0.15) is 112 Å². The molecule has 1 nitrogen and oxygen atoms in total. The van der Waals surface area contributed by atoms with E-state index >= 15 is 0 Å². The first kappa shape index (κ1) is 21.2. The van der Waals surface area contributed by atoms with E-state index in [-0.39, 0.29) is 6.10 Å². The molecule has 0 aromatic heterocycles. The molecule has 0 aromatic carbocycles. The van der Waals surface area contributed by atoms with Gasteiger partial charge in [-0.1, -0.05) is 53.9 Å². The van der Waals surface area contributed by atoms with Crippen molar-refractivity contribution in [1.82, 2.24) is 0 Å². The summed E-state index contributed by atoms with van der Waals surface area (Å²) >= 11 is 0. The van der Waals surface area contributed by atoms with Crippen molar-refractivity contribution in [2.45, 2.75) is 118 Å². The second-order valence-corrected chi connectivity index (χ2v) is 12.6. The number of hydrogen-bond donors (Lipinski definition) is 1. The Morgan fingerprint density at radius 1 is 0.821 bits per heavy atom. The van der Waals surface area contributed by atoms with Crippen LogP contribution in [-0.4, -0.2) is 11.2 Å². The normalized spacial score (nSPS) is 49.4.